The number of ether oxygens (including phenoxy) is 1. The van der Waals surface area contributed by atoms with Crippen molar-refractivity contribution in [1.82, 2.24) is 5.32 Å². The second-order valence-corrected chi connectivity index (χ2v) is 4.93. The molecule has 0 spiro atoms. The van der Waals surface area contributed by atoms with Crippen molar-refractivity contribution in [2.75, 3.05) is 13.2 Å². The van der Waals surface area contributed by atoms with E-state index in [0.29, 0.717) is 6.54 Å². The Kier molecular flexibility index (Phi) is 4.91. The van der Waals surface area contributed by atoms with E-state index in [1.165, 1.54) is 0 Å². The number of nitrogens with one attached hydrogen (secondary N) is 1. The third-order valence-corrected chi connectivity index (χ3v) is 3.23. The van der Waals surface area contributed by atoms with E-state index in [9.17, 15) is 4.79 Å². The summed E-state index contributed by atoms with van der Waals surface area (Å²) in [6, 6.07) is 9.64. The number of hydrogen-bond acceptors (Lipinski definition) is 3. The molecule has 1 aromatic carbocycles. The Labute approximate surface area is 119 Å². The third-order valence-electron chi connectivity index (χ3n) is 3.23. The summed E-state index contributed by atoms with van der Waals surface area (Å²) in [6.07, 6.45) is 3.68. The van der Waals surface area contributed by atoms with Crippen LogP contribution in [0.5, 0.6) is 0 Å². The second kappa shape index (κ2) is 6.88. The average Bonchev–Trinajstić information content (AvgIpc) is 2.95. The van der Waals surface area contributed by atoms with Gasteiger partial charge in [0.1, 0.15) is 11.6 Å². The van der Waals surface area contributed by atoms with Crippen LogP contribution in [-0.2, 0) is 9.53 Å². The largest absolute Gasteiger partial charge is 0.376 e. The van der Waals surface area contributed by atoms with Gasteiger partial charge in [0.25, 0.3) is 5.91 Å². The molecule has 4 heteroatoms. The van der Waals surface area contributed by atoms with Crippen molar-refractivity contribution >= 4 is 12.0 Å². The Morgan fingerprint density at radius 1 is 1.60 bits per heavy atom. The van der Waals surface area contributed by atoms with Crippen LogP contribution in [0.1, 0.15) is 24.0 Å². The fourth-order valence-corrected chi connectivity index (χ4v) is 2.18. The maximum Gasteiger partial charge on any atom is 0.262 e. The molecule has 1 atom stereocenters. The molecule has 1 amide bonds. The van der Waals surface area contributed by atoms with E-state index in [0.717, 1.165) is 30.6 Å². The minimum absolute atomic E-state index is 0.0814. The van der Waals surface area contributed by atoms with Crippen molar-refractivity contribution in [1.29, 1.82) is 5.26 Å². The molecule has 0 aromatic heterocycles. The normalized spacial score (nSPS) is 18.6. The molecule has 1 aliphatic heterocycles. The Morgan fingerprint density at radius 3 is 3.10 bits per heavy atom. The SMILES string of the molecule is Cc1cccc(/C=C(\C#N)C(=O)NCC2CCCO2)c1. The Morgan fingerprint density at radius 2 is 2.45 bits per heavy atom. The fourth-order valence-electron chi connectivity index (χ4n) is 2.18. The number of carbonyl (C=O) groups excluding carboxylic acids is 1. The van der Waals surface area contributed by atoms with E-state index in [4.69, 9.17) is 10.00 Å². The Balaban J connectivity index is 1.99. The lowest BCUT2D eigenvalue weighted by Gasteiger charge is -2.10. The lowest BCUT2D eigenvalue weighted by molar-refractivity contribution is -0.117. The molecule has 1 N–H and O–H groups in total. The molecule has 2 rings (SSSR count). The van der Waals surface area contributed by atoms with Gasteiger partial charge in [0.05, 0.1) is 6.10 Å². The van der Waals surface area contributed by atoms with Crippen LogP contribution in [0.15, 0.2) is 29.8 Å². The molecular formula is C16H18N2O2. The van der Waals surface area contributed by atoms with Crippen LogP contribution in [-0.4, -0.2) is 25.2 Å². The van der Waals surface area contributed by atoms with Crippen LogP contribution in [0.4, 0.5) is 0 Å². The first kappa shape index (κ1) is 14.3. The quantitative estimate of drug-likeness (QED) is 0.674. The molecule has 1 saturated heterocycles. The second-order valence-electron chi connectivity index (χ2n) is 4.93. The van der Waals surface area contributed by atoms with Gasteiger partial charge in [-0.15, -0.1) is 0 Å². The molecule has 4 nitrogen and oxygen atoms in total. The monoisotopic (exact) mass is 270 g/mol. The first-order valence-electron chi connectivity index (χ1n) is 6.77. The summed E-state index contributed by atoms with van der Waals surface area (Å²) in [4.78, 5) is 12.0. The smallest absolute Gasteiger partial charge is 0.262 e. The van der Waals surface area contributed by atoms with E-state index in [1.54, 1.807) is 6.08 Å². The first-order valence-corrected chi connectivity index (χ1v) is 6.77. The van der Waals surface area contributed by atoms with Crippen molar-refractivity contribution in [3.63, 3.8) is 0 Å². The maximum atomic E-state index is 12.0. The summed E-state index contributed by atoms with van der Waals surface area (Å²) >= 11 is 0. The van der Waals surface area contributed by atoms with Gasteiger partial charge in [0.2, 0.25) is 0 Å². The van der Waals surface area contributed by atoms with Crippen molar-refractivity contribution in [3.05, 3.63) is 41.0 Å². The van der Waals surface area contributed by atoms with E-state index < -0.39 is 0 Å². The minimum Gasteiger partial charge on any atom is -0.376 e. The minimum atomic E-state index is -0.343. The molecule has 0 bridgehead atoms. The average molecular weight is 270 g/mol. The highest BCUT2D eigenvalue weighted by Gasteiger charge is 2.17. The Bertz CT molecular complexity index is 552. The predicted molar refractivity (Wildman–Crippen MR) is 76.8 cm³/mol. The fraction of sp³-hybridized carbons (Fsp3) is 0.375. The van der Waals surface area contributed by atoms with E-state index in [1.807, 2.05) is 37.3 Å². The lowest BCUT2D eigenvalue weighted by Crippen LogP contribution is -2.32. The number of amides is 1. The summed E-state index contributed by atoms with van der Waals surface area (Å²) < 4.78 is 5.43. The standard InChI is InChI=1S/C16H18N2O2/c1-12-4-2-5-13(8-12)9-14(10-17)16(19)18-11-15-6-3-7-20-15/h2,4-5,8-9,15H,3,6-7,11H2,1H3,(H,18,19)/b14-9+. The van der Waals surface area contributed by atoms with Gasteiger partial charge in [-0.1, -0.05) is 29.8 Å². The number of aryl methyl sites for hydroxylation is 1. The van der Waals surface area contributed by atoms with Crippen LogP contribution < -0.4 is 5.32 Å². The predicted octanol–water partition coefficient (Wildman–Crippen LogP) is 2.20. The Hall–Kier alpha value is -2.12. The highest BCUT2D eigenvalue weighted by atomic mass is 16.5. The molecule has 1 fully saturated rings. The number of rotatable bonds is 4. The van der Waals surface area contributed by atoms with Crippen LogP contribution >= 0.6 is 0 Å². The highest BCUT2D eigenvalue weighted by Crippen LogP contribution is 2.12. The molecule has 1 aliphatic rings. The number of hydrogen-bond donors (Lipinski definition) is 1. The van der Waals surface area contributed by atoms with Crippen LogP contribution in [0.3, 0.4) is 0 Å². The van der Waals surface area contributed by atoms with Gasteiger partial charge >= 0.3 is 0 Å². The van der Waals surface area contributed by atoms with Crippen LogP contribution in [0.2, 0.25) is 0 Å². The zero-order valence-electron chi connectivity index (χ0n) is 11.6. The summed E-state index contributed by atoms with van der Waals surface area (Å²) in [6.45, 7) is 3.19. The van der Waals surface area contributed by atoms with Crippen molar-refractivity contribution in [2.45, 2.75) is 25.9 Å². The maximum absolute atomic E-state index is 12.0. The van der Waals surface area contributed by atoms with Crippen LogP contribution in [0.25, 0.3) is 6.08 Å². The molecule has 0 radical (unpaired) electrons. The summed E-state index contributed by atoms with van der Waals surface area (Å²) in [5, 5.41) is 11.9. The van der Waals surface area contributed by atoms with E-state index in [-0.39, 0.29) is 17.6 Å². The molecule has 0 saturated carbocycles. The van der Waals surface area contributed by atoms with Gasteiger partial charge in [0, 0.05) is 13.2 Å². The molecule has 1 unspecified atom stereocenters. The summed E-state index contributed by atoms with van der Waals surface area (Å²) in [7, 11) is 0. The summed E-state index contributed by atoms with van der Waals surface area (Å²) in [5.41, 5.74) is 2.07. The molecule has 20 heavy (non-hydrogen) atoms. The van der Waals surface area contributed by atoms with E-state index in [2.05, 4.69) is 5.32 Å². The highest BCUT2D eigenvalue weighted by molar-refractivity contribution is 6.01. The third kappa shape index (κ3) is 3.94. The van der Waals surface area contributed by atoms with Crippen LogP contribution in [0, 0.1) is 18.3 Å². The molecular weight excluding hydrogens is 252 g/mol. The van der Waals surface area contributed by atoms with Crippen molar-refractivity contribution in [2.24, 2.45) is 0 Å². The van der Waals surface area contributed by atoms with Gasteiger partial charge < -0.3 is 10.1 Å². The number of nitriles is 1. The zero-order valence-corrected chi connectivity index (χ0v) is 11.6. The molecule has 104 valence electrons. The molecule has 1 heterocycles. The van der Waals surface area contributed by atoms with Gasteiger partial charge in [-0.25, -0.2) is 0 Å². The number of nitrogens with zero attached hydrogens (tertiary/aromatic N) is 1. The first-order chi connectivity index (χ1) is 9.69. The van der Waals surface area contributed by atoms with Gasteiger partial charge in [-0.3, -0.25) is 4.79 Å². The van der Waals surface area contributed by atoms with Gasteiger partial charge in [0.15, 0.2) is 0 Å². The van der Waals surface area contributed by atoms with Gasteiger partial charge in [-0.05, 0) is 31.4 Å². The number of carbonyl (C=O) groups is 1. The molecule has 1 aromatic rings. The summed E-state index contributed by atoms with van der Waals surface area (Å²) in [5.74, 6) is -0.343. The van der Waals surface area contributed by atoms with E-state index >= 15 is 0 Å². The number of benzene rings is 1. The van der Waals surface area contributed by atoms with Gasteiger partial charge in [-0.2, -0.15) is 5.26 Å². The van der Waals surface area contributed by atoms with Crippen molar-refractivity contribution < 1.29 is 9.53 Å². The topological polar surface area (TPSA) is 62.1 Å². The van der Waals surface area contributed by atoms with Crippen molar-refractivity contribution in [3.8, 4) is 6.07 Å². The zero-order chi connectivity index (χ0) is 14.4. The molecule has 0 aliphatic carbocycles. The lowest BCUT2D eigenvalue weighted by atomic mass is 10.1.